The summed E-state index contributed by atoms with van der Waals surface area (Å²) >= 11 is 5.65. The van der Waals surface area contributed by atoms with E-state index in [0.29, 0.717) is 0 Å². The first-order chi connectivity index (χ1) is 9.11. The van der Waals surface area contributed by atoms with Crippen LogP contribution in [-0.2, 0) is 0 Å². The second-order valence-electron chi connectivity index (χ2n) is 3.82. The van der Waals surface area contributed by atoms with Crippen LogP contribution < -0.4 is 0 Å². The highest BCUT2D eigenvalue weighted by Gasteiger charge is 2.09. The van der Waals surface area contributed by atoms with Crippen LogP contribution >= 0.6 is 11.6 Å². The monoisotopic (exact) mass is 275 g/mol. The van der Waals surface area contributed by atoms with Crippen LogP contribution in [0.2, 0.25) is 5.02 Å². The molecular formula is C15H8ClF2N. The molecule has 0 spiro atoms. The summed E-state index contributed by atoms with van der Waals surface area (Å²) in [5.41, 5.74) is 0.364. The first-order valence-electron chi connectivity index (χ1n) is 5.43. The van der Waals surface area contributed by atoms with Gasteiger partial charge in [0.05, 0.1) is 11.6 Å². The Morgan fingerprint density at radius 2 is 1.84 bits per heavy atom. The lowest BCUT2D eigenvalue weighted by molar-refractivity contribution is 0.623. The fraction of sp³-hybridized carbons (Fsp3) is 0. The van der Waals surface area contributed by atoms with Crippen LogP contribution in [0.4, 0.5) is 8.78 Å². The van der Waals surface area contributed by atoms with Crippen molar-refractivity contribution in [2.45, 2.75) is 0 Å². The van der Waals surface area contributed by atoms with E-state index in [-0.39, 0.29) is 21.7 Å². The van der Waals surface area contributed by atoms with Crippen LogP contribution in [0.25, 0.3) is 11.6 Å². The SMILES string of the molecule is N#C/C(=C/c1ccccc1F)c1ccc(Cl)cc1F. The number of nitriles is 1. The van der Waals surface area contributed by atoms with Gasteiger partial charge in [0, 0.05) is 16.1 Å². The average molecular weight is 276 g/mol. The zero-order valence-corrected chi connectivity index (χ0v) is 10.5. The van der Waals surface area contributed by atoms with Crippen LogP contribution in [0.15, 0.2) is 42.5 Å². The maximum atomic E-state index is 13.7. The Morgan fingerprint density at radius 3 is 2.47 bits per heavy atom. The number of hydrogen-bond acceptors (Lipinski definition) is 1. The van der Waals surface area contributed by atoms with E-state index < -0.39 is 11.6 Å². The van der Waals surface area contributed by atoms with Gasteiger partial charge in [-0.2, -0.15) is 5.26 Å². The van der Waals surface area contributed by atoms with Gasteiger partial charge in [-0.05, 0) is 30.3 Å². The van der Waals surface area contributed by atoms with Gasteiger partial charge in [-0.15, -0.1) is 0 Å². The zero-order chi connectivity index (χ0) is 13.8. The fourth-order valence-corrected chi connectivity index (χ4v) is 1.78. The Labute approximate surface area is 114 Å². The molecule has 0 saturated heterocycles. The van der Waals surface area contributed by atoms with Crippen molar-refractivity contribution in [2.24, 2.45) is 0 Å². The lowest BCUT2D eigenvalue weighted by Gasteiger charge is -2.03. The van der Waals surface area contributed by atoms with Crippen LogP contribution in [0, 0.1) is 23.0 Å². The zero-order valence-electron chi connectivity index (χ0n) is 9.70. The largest absolute Gasteiger partial charge is 0.206 e. The Morgan fingerprint density at radius 1 is 1.11 bits per heavy atom. The van der Waals surface area contributed by atoms with Gasteiger partial charge >= 0.3 is 0 Å². The molecule has 0 saturated carbocycles. The molecule has 0 bridgehead atoms. The third-order valence-electron chi connectivity index (χ3n) is 2.55. The summed E-state index contributed by atoms with van der Waals surface area (Å²) in [5, 5.41) is 9.33. The molecule has 1 nitrogen and oxygen atoms in total. The van der Waals surface area contributed by atoms with E-state index in [1.165, 1.54) is 30.3 Å². The molecular weight excluding hydrogens is 268 g/mol. The number of benzene rings is 2. The van der Waals surface area contributed by atoms with Crippen molar-refractivity contribution in [3.05, 3.63) is 70.2 Å². The smallest absolute Gasteiger partial charge is 0.133 e. The molecule has 0 aliphatic heterocycles. The normalized spacial score (nSPS) is 11.2. The summed E-state index contributed by atoms with van der Waals surface area (Å²) in [7, 11) is 0. The summed E-state index contributed by atoms with van der Waals surface area (Å²) in [6.45, 7) is 0. The van der Waals surface area contributed by atoms with Gasteiger partial charge in [-0.1, -0.05) is 29.8 Å². The van der Waals surface area contributed by atoms with Gasteiger partial charge in [0.15, 0.2) is 0 Å². The molecule has 0 aliphatic carbocycles. The number of rotatable bonds is 2. The van der Waals surface area contributed by atoms with Gasteiger partial charge in [0.2, 0.25) is 0 Å². The molecule has 0 amide bonds. The van der Waals surface area contributed by atoms with Crippen molar-refractivity contribution < 1.29 is 8.78 Å². The van der Waals surface area contributed by atoms with Crippen molar-refractivity contribution in [1.29, 1.82) is 5.26 Å². The van der Waals surface area contributed by atoms with E-state index in [4.69, 9.17) is 16.9 Å². The van der Waals surface area contributed by atoms with Crippen molar-refractivity contribution in [2.75, 3.05) is 0 Å². The number of nitrogens with zero attached hydrogens (tertiary/aromatic N) is 1. The van der Waals surface area contributed by atoms with E-state index in [9.17, 15) is 8.78 Å². The summed E-state index contributed by atoms with van der Waals surface area (Å²) in [6, 6.07) is 11.8. The molecule has 0 N–H and O–H groups in total. The van der Waals surface area contributed by atoms with Gasteiger partial charge in [0.1, 0.15) is 11.6 Å². The summed E-state index contributed by atoms with van der Waals surface area (Å²) in [6.07, 6.45) is 1.31. The third-order valence-corrected chi connectivity index (χ3v) is 2.78. The third kappa shape index (κ3) is 2.98. The standard InChI is InChI=1S/C15H8ClF2N/c16-12-5-6-13(15(18)8-12)11(9-19)7-10-3-1-2-4-14(10)17/h1-8H/b11-7-. The summed E-state index contributed by atoms with van der Waals surface area (Å²) in [5.74, 6) is -1.08. The maximum Gasteiger partial charge on any atom is 0.133 e. The Hall–Kier alpha value is -2.18. The predicted molar refractivity (Wildman–Crippen MR) is 71.3 cm³/mol. The van der Waals surface area contributed by atoms with Crippen molar-refractivity contribution >= 4 is 23.3 Å². The molecule has 0 aromatic heterocycles. The topological polar surface area (TPSA) is 23.8 Å². The van der Waals surface area contributed by atoms with E-state index in [1.807, 2.05) is 6.07 Å². The number of hydrogen-bond donors (Lipinski definition) is 0. The quantitative estimate of drug-likeness (QED) is 0.576. The minimum atomic E-state index is -0.614. The molecule has 0 fully saturated rings. The molecule has 0 aliphatic rings. The predicted octanol–water partition coefficient (Wildman–Crippen LogP) is 4.68. The Balaban J connectivity index is 2.52. The molecule has 0 atom stereocenters. The van der Waals surface area contributed by atoms with Crippen LogP contribution in [-0.4, -0.2) is 0 Å². The fourth-order valence-electron chi connectivity index (χ4n) is 1.63. The highest BCUT2D eigenvalue weighted by Crippen LogP contribution is 2.24. The average Bonchev–Trinajstić information content (AvgIpc) is 2.39. The second kappa shape index (κ2) is 5.64. The molecule has 2 aromatic carbocycles. The lowest BCUT2D eigenvalue weighted by atomic mass is 10.0. The second-order valence-corrected chi connectivity index (χ2v) is 4.25. The minimum Gasteiger partial charge on any atom is -0.206 e. The number of allylic oxidation sites excluding steroid dienone is 1. The molecule has 94 valence electrons. The maximum absolute atomic E-state index is 13.7. The minimum absolute atomic E-state index is 0.0410. The van der Waals surface area contributed by atoms with Gasteiger partial charge in [0.25, 0.3) is 0 Å². The number of halogens is 3. The summed E-state index contributed by atoms with van der Waals surface area (Å²) < 4.78 is 27.2. The molecule has 0 heterocycles. The highest BCUT2D eigenvalue weighted by atomic mass is 35.5. The van der Waals surface area contributed by atoms with E-state index in [0.717, 1.165) is 6.07 Å². The first kappa shape index (κ1) is 13.3. The van der Waals surface area contributed by atoms with E-state index >= 15 is 0 Å². The molecule has 2 aromatic rings. The molecule has 2 rings (SSSR count). The highest BCUT2D eigenvalue weighted by molar-refractivity contribution is 6.30. The molecule has 4 heteroatoms. The van der Waals surface area contributed by atoms with Crippen LogP contribution in [0.5, 0.6) is 0 Å². The van der Waals surface area contributed by atoms with Crippen molar-refractivity contribution in [3.8, 4) is 6.07 Å². The van der Waals surface area contributed by atoms with Crippen LogP contribution in [0.1, 0.15) is 11.1 Å². The Kier molecular flexibility index (Phi) is 3.94. The first-order valence-corrected chi connectivity index (χ1v) is 5.81. The van der Waals surface area contributed by atoms with Crippen molar-refractivity contribution in [1.82, 2.24) is 0 Å². The van der Waals surface area contributed by atoms with Crippen LogP contribution in [0.3, 0.4) is 0 Å². The van der Waals surface area contributed by atoms with E-state index in [1.54, 1.807) is 12.1 Å². The molecule has 0 unspecified atom stereocenters. The molecule has 0 radical (unpaired) electrons. The molecule has 19 heavy (non-hydrogen) atoms. The van der Waals surface area contributed by atoms with Gasteiger partial charge in [-0.25, -0.2) is 8.78 Å². The Bertz CT molecular complexity index is 687. The van der Waals surface area contributed by atoms with Gasteiger partial charge < -0.3 is 0 Å². The van der Waals surface area contributed by atoms with Gasteiger partial charge in [-0.3, -0.25) is 0 Å². The van der Waals surface area contributed by atoms with E-state index in [2.05, 4.69) is 0 Å². The lowest BCUT2D eigenvalue weighted by Crippen LogP contribution is -1.89. The summed E-state index contributed by atoms with van der Waals surface area (Å²) in [4.78, 5) is 0. The van der Waals surface area contributed by atoms with Crippen molar-refractivity contribution in [3.63, 3.8) is 0 Å².